The Morgan fingerprint density at radius 2 is 2.09 bits per heavy atom. The van der Waals surface area contributed by atoms with Gasteiger partial charge in [-0.05, 0) is 55.8 Å². The van der Waals surface area contributed by atoms with Crippen molar-refractivity contribution in [2.75, 3.05) is 55.8 Å². The molecule has 0 aliphatic carbocycles. The molecule has 0 spiro atoms. The number of nitriles is 1. The van der Waals surface area contributed by atoms with Crippen LogP contribution in [0.15, 0.2) is 29.3 Å². The van der Waals surface area contributed by atoms with Gasteiger partial charge in [0, 0.05) is 37.5 Å². The summed E-state index contributed by atoms with van der Waals surface area (Å²) >= 11 is 6.37. The molecule has 0 radical (unpaired) electrons. The van der Waals surface area contributed by atoms with Gasteiger partial charge in [0.05, 0.1) is 23.7 Å². The normalized spacial score (nSPS) is 20.2. The Hall–Kier alpha value is -2.45. The fourth-order valence-electron chi connectivity index (χ4n) is 4.91. The van der Waals surface area contributed by atoms with E-state index < -0.39 is 9.84 Å². The minimum Gasteiger partial charge on any atom is -0.395 e. The molecule has 9 nitrogen and oxygen atoms in total. The number of aliphatic hydroxyl groups is 1. The molecule has 188 valence electrons. The molecule has 2 aliphatic heterocycles. The first-order valence-electron chi connectivity index (χ1n) is 11.8. The Bertz CT molecular complexity index is 1210. The van der Waals surface area contributed by atoms with Gasteiger partial charge in [-0.25, -0.2) is 18.4 Å². The number of aliphatic hydroxyl groups excluding tert-OH is 1. The zero-order chi connectivity index (χ0) is 25.2. The van der Waals surface area contributed by atoms with Gasteiger partial charge in [-0.3, -0.25) is 0 Å². The number of halogens is 1. The molecule has 2 aromatic rings. The lowest BCUT2D eigenvalue weighted by atomic mass is 9.80. The van der Waals surface area contributed by atoms with Crippen LogP contribution >= 0.6 is 11.6 Å². The van der Waals surface area contributed by atoms with Crippen LogP contribution in [0.4, 0.5) is 11.6 Å². The van der Waals surface area contributed by atoms with Crippen LogP contribution in [-0.2, 0) is 9.84 Å². The smallest absolute Gasteiger partial charge is 0.183 e. The first kappa shape index (κ1) is 25.6. The van der Waals surface area contributed by atoms with Gasteiger partial charge in [-0.1, -0.05) is 17.7 Å². The number of aromatic nitrogens is 2. The van der Waals surface area contributed by atoms with E-state index in [2.05, 4.69) is 31.2 Å². The van der Waals surface area contributed by atoms with Crippen LogP contribution in [0, 0.1) is 23.2 Å². The number of anilines is 2. The van der Waals surface area contributed by atoms with E-state index in [1.165, 1.54) is 18.6 Å². The summed E-state index contributed by atoms with van der Waals surface area (Å²) in [6.45, 7) is 6.69. The SMILES string of the molecule is CC(Nc1nc(N2CC(C3CCCN(CCO)C3)C2)cnc1C#N)c1ccc(S(C)(=O)=O)cc1Cl. The molecular weight excluding hydrogens is 488 g/mol. The molecule has 3 heterocycles. The Kier molecular flexibility index (Phi) is 7.81. The minimum atomic E-state index is -3.36. The molecule has 0 amide bonds. The van der Waals surface area contributed by atoms with Crippen molar-refractivity contribution in [1.82, 2.24) is 14.9 Å². The molecule has 2 aliphatic rings. The van der Waals surface area contributed by atoms with Gasteiger partial charge in [0.15, 0.2) is 21.3 Å². The summed E-state index contributed by atoms with van der Waals surface area (Å²) in [5.41, 5.74) is 0.886. The lowest BCUT2D eigenvalue weighted by Crippen LogP contribution is -2.54. The maximum Gasteiger partial charge on any atom is 0.183 e. The maximum atomic E-state index is 11.8. The second-order valence-electron chi connectivity index (χ2n) is 9.45. The summed E-state index contributed by atoms with van der Waals surface area (Å²) in [5.74, 6) is 2.29. The topological polar surface area (TPSA) is 122 Å². The zero-order valence-electron chi connectivity index (χ0n) is 20.0. The van der Waals surface area contributed by atoms with Crippen LogP contribution < -0.4 is 10.2 Å². The van der Waals surface area contributed by atoms with Crippen molar-refractivity contribution < 1.29 is 13.5 Å². The number of rotatable bonds is 8. The Morgan fingerprint density at radius 3 is 2.74 bits per heavy atom. The summed E-state index contributed by atoms with van der Waals surface area (Å²) in [7, 11) is -3.36. The molecule has 2 atom stereocenters. The number of nitrogens with one attached hydrogen (secondary N) is 1. The van der Waals surface area contributed by atoms with Gasteiger partial charge in [0.25, 0.3) is 0 Å². The van der Waals surface area contributed by atoms with Gasteiger partial charge in [0.2, 0.25) is 0 Å². The van der Waals surface area contributed by atoms with Gasteiger partial charge in [-0.15, -0.1) is 0 Å². The van der Waals surface area contributed by atoms with E-state index in [1.54, 1.807) is 12.3 Å². The molecule has 2 saturated heterocycles. The third-order valence-corrected chi connectivity index (χ3v) is 8.38. The second kappa shape index (κ2) is 10.7. The number of β-amino-alcohol motifs (C(OH)–C–C–N with tert-alkyl or cyclic N) is 1. The molecule has 4 rings (SSSR count). The van der Waals surface area contributed by atoms with E-state index in [1.807, 2.05) is 6.92 Å². The van der Waals surface area contributed by atoms with Crippen LogP contribution in [-0.4, -0.2) is 74.0 Å². The van der Waals surface area contributed by atoms with Crippen molar-refractivity contribution in [2.24, 2.45) is 11.8 Å². The van der Waals surface area contributed by atoms with Gasteiger partial charge in [0.1, 0.15) is 11.9 Å². The predicted molar refractivity (Wildman–Crippen MR) is 135 cm³/mol. The highest BCUT2D eigenvalue weighted by Crippen LogP contribution is 2.34. The number of hydrogen-bond donors (Lipinski definition) is 2. The number of hydrogen-bond acceptors (Lipinski definition) is 9. The largest absolute Gasteiger partial charge is 0.395 e. The summed E-state index contributed by atoms with van der Waals surface area (Å²) in [4.78, 5) is 13.7. The second-order valence-corrected chi connectivity index (χ2v) is 11.9. The summed E-state index contributed by atoms with van der Waals surface area (Å²) in [5, 5.41) is 22.3. The molecule has 11 heteroatoms. The number of sulfone groups is 1. The summed E-state index contributed by atoms with van der Waals surface area (Å²) < 4.78 is 23.6. The van der Waals surface area contributed by atoms with Crippen LogP contribution in [0.5, 0.6) is 0 Å². The molecule has 1 aromatic heterocycles. The third kappa shape index (κ3) is 5.86. The minimum absolute atomic E-state index is 0.155. The van der Waals surface area contributed by atoms with Crippen molar-refractivity contribution in [3.05, 3.63) is 40.7 Å². The average Bonchev–Trinajstić information content (AvgIpc) is 2.78. The molecular formula is C24H31ClN6O3S. The lowest BCUT2D eigenvalue weighted by molar-refractivity contribution is 0.101. The van der Waals surface area contributed by atoms with Crippen molar-refractivity contribution in [1.29, 1.82) is 5.26 Å². The molecule has 0 bridgehead atoms. The number of nitrogens with zero attached hydrogens (tertiary/aromatic N) is 5. The Balaban J connectivity index is 1.44. The van der Waals surface area contributed by atoms with Gasteiger partial charge in [-0.2, -0.15) is 5.26 Å². The highest BCUT2D eigenvalue weighted by molar-refractivity contribution is 7.90. The van der Waals surface area contributed by atoms with Crippen LogP contribution in [0.2, 0.25) is 5.02 Å². The van der Waals surface area contributed by atoms with E-state index in [-0.39, 0.29) is 23.2 Å². The number of benzene rings is 1. The monoisotopic (exact) mass is 518 g/mol. The lowest BCUT2D eigenvalue weighted by Gasteiger charge is -2.47. The molecule has 35 heavy (non-hydrogen) atoms. The van der Waals surface area contributed by atoms with Gasteiger partial charge >= 0.3 is 0 Å². The molecule has 1 aromatic carbocycles. The summed E-state index contributed by atoms with van der Waals surface area (Å²) in [6, 6.07) is 6.39. The van der Waals surface area contributed by atoms with Crippen molar-refractivity contribution in [3.8, 4) is 6.07 Å². The van der Waals surface area contributed by atoms with Crippen molar-refractivity contribution in [2.45, 2.75) is 30.7 Å². The Morgan fingerprint density at radius 1 is 1.31 bits per heavy atom. The maximum absolute atomic E-state index is 11.8. The Labute approximate surface area is 211 Å². The van der Waals surface area contributed by atoms with Crippen molar-refractivity contribution in [3.63, 3.8) is 0 Å². The van der Waals surface area contributed by atoms with E-state index in [0.29, 0.717) is 28.2 Å². The molecule has 2 unspecified atom stereocenters. The predicted octanol–water partition coefficient (Wildman–Crippen LogP) is 2.72. The fourth-order valence-corrected chi connectivity index (χ4v) is 5.96. The quantitative estimate of drug-likeness (QED) is 0.543. The summed E-state index contributed by atoms with van der Waals surface area (Å²) in [6.07, 6.45) is 5.15. The first-order chi connectivity index (χ1) is 16.7. The number of piperidine rings is 1. The van der Waals surface area contributed by atoms with Crippen LogP contribution in [0.3, 0.4) is 0 Å². The standard InChI is InChI=1S/C24H31ClN6O3S/c1-16(20-6-5-19(10-21(20)25)35(2,33)34)28-24-22(11-26)27-12-23(29-24)31-14-18(15-31)17-4-3-7-30(13-17)8-9-32/h5-6,10,12,16-18,32H,3-4,7-9,13-15H2,1-2H3,(H,28,29). The first-order valence-corrected chi connectivity index (χ1v) is 14.1. The van der Waals surface area contributed by atoms with Crippen LogP contribution in [0.1, 0.15) is 37.1 Å². The highest BCUT2D eigenvalue weighted by atomic mass is 35.5. The third-order valence-electron chi connectivity index (χ3n) is 6.94. The average molecular weight is 519 g/mol. The van der Waals surface area contributed by atoms with E-state index in [4.69, 9.17) is 11.6 Å². The molecule has 2 N–H and O–H groups in total. The van der Waals surface area contributed by atoms with Crippen LogP contribution in [0.25, 0.3) is 0 Å². The molecule has 0 saturated carbocycles. The fraction of sp³-hybridized carbons (Fsp3) is 0.542. The van der Waals surface area contributed by atoms with E-state index >= 15 is 0 Å². The van der Waals surface area contributed by atoms with Gasteiger partial charge < -0.3 is 20.2 Å². The van der Waals surface area contributed by atoms with Crippen molar-refractivity contribution >= 4 is 33.1 Å². The van der Waals surface area contributed by atoms with E-state index in [0.717, 1.165) is 51.2 Å². The number of likely N-dealkylation sites (tertiary alicyclic amines) is 1. The highest BCUT2D eigenvalue weighted by Gasteiger charge is 2.36. The zero-order valence-corrected chi connectivity index (χ0v) is 21.6. The molecule has 2 fully saturated rings. The van der Waals surface area contributed by atoms with E-state index in [9.17, 15) is 18.8 Å².